The molecule has 1 N–H and O–H groups in total. The Bertz CT molecular complexity index is 1030. The van der Waals surface area contributed by atoms with Gasteiger partial charge >= 0.3 is 0 Å². The van der Waals surface area contributed by atoms with Crippen LogP contribution in [0.3, 0.4) is 0 Å². The summed E-state index contributed by atoms with van der Waals surface area (Å²) in [7, 11) is 0. The molecule has 2 heterocycles. The molecule has 4 saturated carbocycles. The Kier molecular flexibility index (Phi) is 5.52. The zero-order valence-electron chi connectivity index (χ0n) is 20.2. The fourth-order valence-electron chi connectivity index (χ4n) is 7.73. The molecule has 7 rings (SSSR count). The van der Waals surface area contributed by atoms with Crippen molar-refractivity contribution in [3.8, 4) is 5.69 Å². The van der Waals surface area contributed by atoms with E-state index in [4.69, 9.17) is 4.74 Å². The van der Waals surface area contributed by atoms with Crippen molar-refractivity contribution in [2.45, 2.75) is 83.0 Å². The quantitative estimate of drug-likeness (QED) is 0.703. The van der Waals surface area contributed by atoms with Crippen LogP contribution in [0.1, 0.15) is 69.0 Å². The topological polar surface area (TPSA) is 80.5 Å². The molecule has 1 saturated heterocycles. The lowest BCUT2D eigenvalue weighted by Crippen LogP contribution is -2.57. The van der Waals surface area contributed by atoms with Gasteiger partial charge in [0.2, 0.25) is 5.91 Å². The second kappa shape index (κ2) is 8.45. The Morgan fingerprint density at radius 1 is 1.18 bits per heavy atom. The maximum Gasteiger partial charge on any atom is 0.223 e. The molecule has 4 bridgehead atoms. The molecular weight excluding hydrogens is 428 g/mol. The molecule has 1 amide bonds. The van der Waals surface area contributed by atoms with Gasteiger partial charge in [-0.3, -0.25) is 4.79 Å². The molecule has 2 aromatic rings. The number of carbonyl (C=O) groups excluding carboxylic acids is 1. The third-order valence-electron chi connectivity index (χ3n) is 8.71. The third-order valence-corrected chi connectivity index (χ3v) is 8.71. The van der Waals surface area contributed by atoms with E-state index in [1.165, 1.54) is 12.0 Å². The summed E-state index contributed by atoms with van der Waals surface area (Å²) >= 11 is 0. The number of aryl methyl sites for hydroxylation is 1. The zero-order chi connectivity index (χ0) is 23.3. The summed E-state index contributed by atoms with van der Waals surface area (Å²) in [6, 6.07) is 8.18. The summed E-state index contributed by atoms with van der Waals surface area (Å²) in [5.41, 5.74) is 2.51. The largest absolute Gasteiger partial charge is 0.390 e. The Morgan fingerprint density at radius 2 is 1.94 bits per heavy atom. The van der Waals surface area contributed by atoms with Crippen LogP contribution in [0.4, 0.5) is 0 Å². The number of amides is 1. The van der Waals surface area contributed by atoms with E-state index in [-0.39, 0.29) is 17.4 Å². The van der Waals surface area contributed by atoms with E-state index in [0.717, 1.165) is 62.9 Å². The van der Waals surface area contributed by atoms with Gasteiger partial charge in [0.15, 0.2) is 0 Å². The highest BCUT2D eigenvalue weighted by atomic mass is 16.5. The number of aromatic nitrogens is 3. The number of nitrogens with zero attached hydrogens (tertiary/aromatic N) is 4. The first kappa shape index (κ1) is 22.2. The van der Waals surface area contributed by atoms with E-state index in [9.17, 15) is 9.90 Å². The van der Waals surface area contributed by atoms with E-state index < -0.39 is 5.60 Å². The van der Waals surface area contributed by atoms with Crippen LogP contribution in [-0.4, -0.2) is 55.7 Å². The van der Waals surface area contributed by atoms with Gasteiger partial charge in [0.05, 0.1) is 30.2 Å². The molecule has 4 aliphatic carbocycles. The average molecular weight is 465 g/mol. The maximum atomic E-state index is 13.4. The van der Waals surface area contributed by atoms with Gasteiger partial charge in [-0.1, -0.05) is 22.9 Å². The van der Waals surface area contributed by atoms with E-state index in [1.807, 2.05) is 23.2 Å². The molecular formula is C27H36N4O3. The van der Waals surface area contributed by atoms with Crippen molar-refractivity contribution in [3.05, 3.63) is 41.7 Å². The summed E-state index contributed by atoms with van der Waals surface area (Å²) in [6.07, 6.45) is 10.7. The number of ether oxygens (including phenoxy) is 1. The third kappa shape index (κ3) is 4.40. The minimum absolute atomic E-state index is 0.0260. The van der Waals surface area contributed by atoms with Crippen molar-refractivity contribution >= 4 is 5.91 Å². The highest BCUT2D eigenvalue weighted by Crippen LogP contribution is 2.62. The second-order valence-corrected chi connectivity index (χ2v) is 11.8. The normalized spacial score (nSPS) is 34.5. The molecule has 34 heavy (non-hydrogen) atoms. The number of aliphatic hydroxyl groups is 1. The Morgan fingerprint density at radius 3 is 2.68 bits per heavy atom. The van der Waals surface area contributed by atoms with Crippen LogP contribution in [0, 0.1) is 24.2 Å². The van der Waals surface area contributed by atoms with E-state index in [2.05, 4.69) is 29.4 Å². The number of rotatable bonds is 6. The minimum Gasteiger partial charge on any atom is -0.390 e. The number of carbonyl (C=O) groups is 1. The first-order valence-corrected chi connectivity index (χ1v) is 13.0. The summed E-state index contributed by atoms with van der Waals surface area (Å²) in [5.74, 6) is 1.48. The molecule has 7 heteroatoms. The molecule has 1 aliphatic heterocycles. The number of hydrogen-bond donors (Lipinski definition) is 1. The standard InChI is InChI=1S/C27H36N4O3/c1-19-4-6-23(7-5-19)31-15-22(28-29-31)17-34-24-3-2-8-30(16-24)25(32)14-26-10-20-9-21(11-26)13-27(33,12-20)18-26/h4-7,15,20-21,24,33H,2-3,8-14,16-18H2,1H3. The predicted molar refractivity (Wildman–Crippen MR) is 127 cm³/mol. The van der Waals surface area contributed by atoms with Gasteiger partial charge in [-0.25, -0.2) is 4.68 Å². The van der Waals surface area contributed by atoms with Crippen LogP contribution in [0.15, 0.2) is 30.5 Å². The van der Waals surface area contributed by atoms with Crippen LogP contribution in [-0.2, 0) is 16.1 Å². The average Bonchev–Trinajstić information content (AvgIpc) is 3.25. The van der Waals surface area contributed by atoms with Crippen LogP contribution < -0.4 is 0 Å². The fraction of sp³-hybridized carbons (Fsp3) is 0.667. The Balaban J connectivity index is 1.04. The molecule has 0 radical (unpaired) electrons. The minimum atomic E-state index is -0.506. The molecule has 5 fully saturated rings. The second-order valence-electron chi connectivity index (χ2n) is 11.8. The van der Waals surface area contributed by atoms with Gasteiger partial charge < -0.3 is 14.7 Å². The highest BCUT2D eigenvalue weighted by molar-refractivity contribution is 5.77. The van der Waals surface area contributed by atoms with E-state index in [0.29, 0.717) is 31.4 Å². The van der Waals surface area contributed by atoms with Crippen molar-refractivity contribution in [1.82, 2.24) is 19.9 Å². The summed E-state index contributed by atoms with van der Waals surface area (Å²) in [6.45, 7) is 3.93. The molecule has 7 nitrogen and oxygen atoms in total. The number of hydrogen-bond acceptors (Lipinski definition) is 5. The summed E-state index contributed by atoms with van der Waals surface area (Å²) < 4.78 is 7.95. The van der Waals surface area contributed by atoms with Crippen molar-refractivity contribution in [1.29, 1.82) is 0 Å². The van der Waals surface area contributed by atoms with Gasteiger partial charge in [-0.2, -0.15) is 0 Å². The van der Waals surface area contributed by atoms with Crippen molar-refractivity contribution in [2.24, 2.45) is 17.3 Å². The van der Waals surface area contributed by atoms with Gasteiger partial charge in [-0.05, 0) is 87.7 Å². The predicted octanol–water partition coefficient (Wildman–Crippen LogP) is 3.80. The van der Waals surface area contributed by atoms with Gasteiger partial charge in [0.1, 0.15) is 5.69 Å². The van der Waals surface area contributed by atoms with Crippen molar-refractivity contribution in [3.63, 3.8) is 0 Å². The lowest BCUT2D eigenvalue weighted by atomic mass is 9.47. The highest BCUT2D eigenvalue weighted by Gasteiger charge is 2.57. The first-order valence-electron chi connectivity index (χ1n) is 13.0. The maximum absolute atomic E-state index is 13.4. The molecule has 3 atom stereocenters. The lowest BCUT2D eigenvalue weighted by Gasteiger charge is -2.60. The monoisotopic (exact) mass is 464 g/mol. The van der Waals surface area contributed by atoms with Crippen molar-refractivity contribution < 1.29 is 14.6 Å². The molecule has 5 aliphatic rings. The molecule has 3 unspecified atom stereocenters. The number of piperidine rings is 1. The lowest BCUT2D eigenvalue weighted by molar-refractivity contribution is -0.173. The molecule has 1 aromatic heterocycles. The molecule has 1 aromatic carbocycles. The van der Waals surface area contributed by atoms with Crippen LogP contribution in [0.2, 0.25) is 0 Å². The van der Waals surface area contributed by atoms with Crippen molar-refractivity contribution in [2.75, 3.05) is 13.1 Å². The summed E-state index contributed by atoms with van der Waals surface area (Å²) in [4.78, 5) is 15.4. The first-order chi connectivity index (χ1) is 16.4. The van der Waals surface area contributed by atoms with Gasteiger partial charge in [0, 0.05) is 19.5 Å². The van der Waals surface area contributed by atoms with Crippen LogP contribution in [0.5, 0.6) is 0 Å². The van der Waals surface area contributed by atoms with Crippen LogP contribution >= 0.6 is 0 Å². The zero-order valence-corrected chi connectivity index (χ0v) is 20.2. The van der Waals surface area contributed by atoms with Crippen LogP contribution in [0.25, 0.3) is 5.69 Å². The smallest absolute Gasteiger partial charge is 0.223 e. The SMILES string of the molecule is Cc1ccc(-n2cc(COC3CCCN(C(=O)CC45CC6CC(CC(O)(C6)C4)C5)C3)nn2)cc1. The Hall–Kier alpha value is -2.25. The molecule has 182 valence electrons. The fourth-order valence-corrected chi connectivity index (χ4v) is 7.73. The number of benzene rings is 1. The van der Waals surface area contributed by atoms with Gasteiger partial charge in [-0.15, -0.1) is 5.10 Å². The van der Waals surface area contributed by atoms with Gasteiger partial charge in [0.25, 0.3) is 0 Å². The molecule has 0 spiro atoms. The van der Waals surface area contributed by atoms with E-state index in [1.54, 1.807) is 4.68 Å². The summed E-state index contributed by atoms with van der Waals surface area (Å²) in [5, 5.41) is 19.5. The van der Waals surface area contributed by atoms with E-state index >= 15 is 0 Å². The Labute approximate surface area is 201 Å². The number of likely N-dealkylation sites (tertiary alicyclic amines) is 1.